The van der Waals surface area contributed by atoms with Gasteiger partial charge < -0.3 is 0 Å². The fraction of sp³-hybridized carbons (Fsp3) is 0. The molecule has 0 atom stereocenters. The molecule has 0 aliphatic carbocycles. The summed E-state index contributed by atoms with van der Waals surface area (Å²) >= 11 is 17.9. The lowest BCUT2D eigenvalue weighted by molar-refractivity contribution is 0.955. The van der Waals surface area contributed by atoms with E-state index in [1.54, 1.807) is 24.3 Å². The van der Waals surface area contributed by atoms with Gasteiger partial charge in [-0.3, -0.25) is 10.2 Å². The molecule has 0 amide bonds. The maximum atomic E-state index is 12.8. The van der Waals surface area contributed by atoms with E-state index in [-0.39, 0.29) is 16.5 Å². The minimum atomic E-state index is -0.343. The van der Waals surface area contributed by atoms with Crippen LogP contribution in [0.25, 0.3) is 16.6 Å². The number of nitrogens with one attached hydrogen (secondary N) is 1. The van der Waals surface area contributed by atoms with E-state index in [1.807, 2.05) is 0 Å². The highest BCUT2D eigenvalue weighted by molar-refractivity contribution is 6.38. The summed E-state index contributed by atoms with van der Waals surface area (Å²) in [5.74, 6) is 5.65. The average molecular weight is 356 g/mol. The molecule has 0 saturated carbocycles. The fourth-order valence-corrected chi connectivity index (χ4v) is 2.80. The van der Waals surface area contributed by atoms with Crippen molar-refractivity contribution in [2.45, 2.75) is 0 Å². The van der Waals surface area contributed by atoms with Crippen molar-refractivity contribution in [2.24, 2.45) is 5.84 Å². The quantitative estimate of drug-likeness (QED) is 0.544. The number of anilines is 1. The van der Waals surface area contributed by atoms with Gasteiger partial charge in [-0.15, -0.1) is 0 Å². The Kier molecular flexibility index (Phi) is 3.97. The lowest BCUT2D eigenvalue weighted by Crippen LogP contribution is -2.26. The number of hydrogen-bond acceptors (Lipinski definition) is 4. The predicted octanol–water partition coefficient (Wildman–Crippen LogP) is 3.63. The summed E-state index contributed by atoms with van der Waals surface area (Å²) in [6.07, 6.45) is 0. The van der Waals surface area contributed by atoms with Gasteiger partial charge in [-0.2, -0.15) is 0 Å². The summed E-state index contributed by atoms with van der Waals surface area (Å²) in [6.45, 7) is 0. The van der Waals surface area contributed by atoms with Gasteiger partial charge in [0.15, 0.2) is 0 Å². The molecule has 3 rings (SSSR count). The second kappa shape index (κ2) is 5.78. The van der Waals surface area contributed by atoms with Crippen LogP contribution in [0.5, 0.6) is 0 Å². The highest BCUT2D eigenvalue weighted by Gasteiger charge is 2.15. The van der Waals surface area contributed by atoms with Gasteiger partial charge >= 0.3 is 0 Å². The van der Waals surface area contributed by atoms with Crippen molar-refractivity contribution in [1.82, 2.24) is 9.55 Å². The Morgan fingerprint density at radius 3 is 2.36 bits per heavy atom. The van der Waals surface area contributed by atoms with Crippen LogP contribution in [0, 0.1) is 0 Å². The van der Waals surface area contributed by atoms with E-state index in [0.717, 1.165) is 0 Å². The molecule has 0 fully saturated rings. The molecule has 0 radical (unpaired) electrons. The SMILES string of the molecule is NNc1nc2c(Cl)cc(Cl)cc2c(=O)n1-c1ccc(Cl)cc1. The normalized spacial score (nSPS) is 10.9. The van der Waals surface area contributed by atoms with Crippen molar-refractivity contribution in [2.75, 3.05) is 5.43 Å². The summed E-state index contributed by atoms with van der Waals surface area (Å²) in [5.41, 5.74) is 2.96. The molecule has 0 saturated heterocycles. The molecule has 0 aliphatic heterocycles. The van der Waals surface area contributed by atoms with Gasteiger partial charge in [0.2, 0.25) is 5.95 Å². The van der Waals surface area contributed by atoms with Gasteiger partial charge in [0.1, 0.15) is 0 Å². The van der Waals surface area contributed by atoms with Crippen LogP contribution in [-0.4, -0.2) is 9.55 Å². The van der Waals surface area contributed by atoms with Gasteiger partial charge in [0.25, 0.3) is 5.56 Å². The number of benzene rings is 2. The van der Waals surface area contributed by atoms with Crippen molar-refractivity contribution >= 4 is 51.7 Å². The van der Waals surface area contributed by atoms with Crippen LogP contribution < -0.4 is 16.8 Å². The third-order valence-electron chi connectivity index (χ3n) is 3.11. The van der Waals surface area contributed by atoms with Crippen molar-refractivity contribution in [1.29, 1.82) is 0 Å². The number of hydrazine groups is 1. The molecule has 8 heteroatoms. The van der Waals surface area contributed by atoms with Crippen molar-refractivity contribution in [3.8, 4) is 5.69 Å². The molecule has 3 aromatic rings. The van der Waals surface area contributed by atoms with Crippen LogP contribution >= 0.6 is 34.8 Å². The number of nitrogen functional groups attached to an aromatic ring is 1. The predicted molar refractivity (Wildman–Crippen MR) is 90.2 cm³/mol. The Morgan fingerprint density at radius 2 is 1.73 bits per heavy atom. The number of fused-ring (bicyclic) bond motifs is 1. The molecule has 22 heavy (non-hydrogen) atoms. The van der Waals surface area contributed by atoms with E-state index in [0.29, 0.717) is 26.6 Å². The number of nitrogens with two attached hydrogens (primary N) is 1. The van der Waals surface area contributed by atoms with Crippen LogP contribution in [0.3, 0.4) is 0 Å². The minimum absolute atomic E-state index is 0.157. The smallest absolute Gasteiger partial charge is 0.267 e. The average Bonchev–Trinajstić information content (AvgIpc) is 2.49. The van der Waals surface area contributed by atoms with Gasteiger partial charge in [0, 0.05) is 10.0 Å². The topological polar surface area (TPSA) is 72.9 Å². The van der Waals surface area contributed by atoms with Crippen LogP contribution in [0.4, 0.5) is 5.95 Å². The Labute approximate surface area is 140 Å². The summed E-state index contributed by atoms with van der Waals surface area (Å²) in [4.78, 5) is 17.1. The van der Waals surface area contributed by atoms with E-state index in [9.17, 15) is 4.79 Å². The lowest BCUT2D eigenvalue weighted by Gasteiger charge is -2.13. The zero-order valence-electron chi connectivity index (χ0n) is 11.0. The fourth-order valence-electron chi connectivity index (χ4n) is 2.14. The maximum Gasteiger partial charge on any atom is 0.267 e. The van der Waals surface area contributed by atoms with E-state index in [1.165, 1.54) is 16.7 Å². The molecule has 0 spiro atoms. The van der Waals surface area contributed by atoms with Crippen LogP contribution in [0.15, 0.2) is 41.2 Å². The molecule has 1 heterocycles. The molecule has 1 aromatic heterocycles. The lowest BCUT2D eigenvalue weighted by atomic mass is 10.2. The summed E-state index contributed by atoms with van der Waals surface area (Å²) in [6, 6.07) is 9.74. The molecule has 112 valence electrons. The Balaban J connectivity index is 2.41. The number of halogens is 3. The molecule has 5 nitrogen and oxygen atoms in total. The Morgan fingerprint density at radius 1 is 1.05 bits per heavy atom. The number of aromatic nitrogens is 2. The largest absolute Gasteiger partial charge is 0.293 e. The summed E-state index contributed by atoms with van der Waals surface area (Å²) < 4.78 is 1.32. The first-order valence-electron chi connectivity index (χ1n) is 6.15. The Bertz CT molecular complexity index is 922. The number of nitrogens with zero attached hydrogens (tertiary/aromatic N) is 2. The monoisotopic (exact) mass is 354 g/mol. The number of rotatable bonds is 2. The van der Waals surface area contributed by atoms with Crippen LogP contribution in [0.2, 0.25) is 15.1 Å². The van der Waals surface area contributed by atoms with E-state index >= 15 is 0 Å². The molecule has 0 unspecified atom stereocenters. The zero-order valence-corrected chi connectivity index (χ0v) is 13.2. The second-order valence-electron chi connectivity index (χ2n) is 4.48. The molecule has 0 aliphatic rings. The maximum absolute atomic E-state index is 12.8. The minimum Gasteiger partial charge on any atom is -0.293 e. The molecule has 0 bridgehead atoms. The van der Waals surface area contributed by atoms with Crippen LogP contribution in [-0.2, 0) is 0 Å². The number of hydrogen-bond donors (Lipinski definition) is 2. The van der Waals surface area contributed by atoms with Crippen LogP contribution in [0.1, 0.15) is 0 Å². The first-order valence-corrected chi connectivity index (χ1v) is 7.29. The van der Waals surface area contributed by atoms with Crippen molar-refractivity contribution in [3.63, 3.8) is 0 Å². The van der Waals surface area contributed by atoms with Crippen molar-refractivity contribution in [3.05, 3.63) is 61.8 Å². The highest BCUT2D eigenvalue weighted by Crippen LogP contribution is 2.26. The molecular formula is C14H9Cl3N4O. The summed E-state index contributed by atoms with van der Waals surface area (Å²) in [5, 5.41) is 1.48. The Hall–Kier alpha value is -1.79. The van der Waals surface area contributed by atoms with Gasteiger partial charge in [-0.05, 0) is 36.4 Å². The first kappa shape index (κ1) is 15.1. The summed E-state index contributed by atoms with van der Waals surface area (Å²) in [7, 11) is 0. The molecule has 2 aromatic carbocycles. The van der Waals surface area contributed by atoms with E-state index in [2.05, 4.69) is 10.4 Å². The van der Waals surface area contributed by atoms with Crippen molar-refractivity contribution < 1.29 is 0 Å². The zero-order chi connectivity index (χ0) is 15.9. The second-order valence-corrected chi connectivity index (χ2v) is 5.76. The standard InChI is InChI=1S/C14H9Cl3N4O/c15-7-1-3-9(4-2-7)21-13(22)10-5-8(16)6-11(17)12(10)19-14(21)20-18/h1-6H,18H2,(H,19,20). The molecular weight excluding hydrogens is 347 g/mol. The van der Waals surface area contributed by atoms with E-state index in [4.69, 9.17) is 40.6 Å². The van der Waals surface area contributed by atoms with Gasteiger partial charge in [0.05, 0.1) is 21.6 Å². The van der Waals surface area contributed by atoms with Gasteiger partial charge in [-0.25, -0.2) is 15.4 Å². The third kappa shape index (κ3) is 2.53. The molecule has 3 N–H and O–H groups in total. The van der Waals surface area contributed by atoms with E-state index < -0.39 is 0 Å². The third-order valence-corrected chi connectivity index (χ3v) is 3.86. The van der Waals surface area contributed by atoms with Gasteiger partial charge in [-0.1, -0.05) is 34.8 Å². The highest BCUT2D eigenvalue weighted by atomic mass is 35.5. The first-order chi connectivity index (χ1) is 10.5.